The predicted octanol–water partition coefficient (Wildman–Crippen LogP) is 6.82. The zero-order chi connectivity index (χ0) is 22.2. The number of hydrogen-bond donors (Lipinski definition) is 0. The van der Waals surface area contributed by atoms with Crippen molar-refractivity contribution in [2.45, 2.75) is 27.0 Å². The van der Waals surface area contributed by atoms with Crippen LogP contribution in [0.4, 0.5) is 0 Å². The van der Waals surface area contributed by atoms with E-state index in [-0.39, 0.29) is 5.78 Å². The van der Waals surface area contributed by atoms with E-state index in [2.05, 4.69) is 29.8 Å². The molecule has 0 spiro atoms. The van der Waals surface area contributed by atoms with Gasteiger partial charge in [0.25, 0.3) is 0 Å². The third-order valence-electron chi connectivity index (χ3n) is 5.79. The average Bonchev–Trinajstić information content (AvgIpc) is 3.33. The van der Waals surface area contributed by atoms with Crippen molar-refractivity contribution in [1.29, 1.82) is 0 Å². The smallest absolute Gasteiger partial charge is 0.231 e. The van der Waals surface area contributed by atoms with E-state index in [0.717, 1.165) is 34.1 Å². The van der Waals surface area contributed by atoms with Crippen LogP contribution in [0.1, 0.15) is 34.0 Å². The molecule has 3 aromatic carbocycles. The van der Waals surface area contributed by atoms with Crippen LogP contribution in [0.25, 0.3) is 17.0 Å². The summed E-state index contributed by atoms with van der Waals surface area (Å²) < 4.78 is 14.2. The van der Waals surface area contributed by atoms with E-state index in [0.29, 0.717) is 34.5 Å². The average molecular weight is 444 g/mol. The van der Waals surface area contributed by atoms with E-state index >= 15 is 0 Å². The molecule has 0 unspecified atom stereocenters. The molecule has 0 bridgehead atoms. The Morgan fingerprint density at radius 1 is 1.06 bits per heavy atom. The van der Waals surface area contributed by atoms with Crippen molar-refractivity contribution < 1.29 is 14.3 Å². The van der Waals surface area contributed by atoms with Gasteiger partial charge < -0.3 is 14.0 Å². The van der Waals surface area contributed by atoms with Gasteiger partial charge in [-0.2, -0.15) is 0 Å². The molecule has 4 aromatic rings. The van der Waals surface area contributed by atoms with E-state index in [9.17, 15) is 4.79 Å². The number of hydrogen-bond acceptors (Lipinski definition) is 3. The lowest BCUT2D eigenvalue weighted by molar-refractivity contribution is 0.101. The maximum Gasteiger partial charge on any atom is 0.231 e. The second kappa shape index (κ2) is 8.21. The number of carbonyl (C=O) groups is 1. The number of halogens is 1. The summed E-state index contributed by atoms with van der Waals surface area (Å²) in [6.45, 7) is 5.27. The van der Waals surface area contributed by atoms with Crippen molar-refractivity contribution in [3.63, 3.8) is 0 Å². The van der Waals surface area contributed by atoms with Crippen molar-refractivity contribution in [3.05, 3.63) is 99.9 Å². The minimum Gasteiger partial charge on any atom is -0.488 e. The fraction of sp³-hybridized carbons (Fsp3) is 0.148. The van der Waals surface area contributed by atoms with Crippen LogP contribution in [-0.4, -0.2) is 10.4 Å². The van der Waals surface area contributed by atoms with Gasteiger partial charge in [0.1, 0.15) is 18.1 Å². The highest BCUT2D eigenvalue weighted by molar-refractivity contribution is 6.30. The van der Waals surface area contributed by atoms with Crippen molar-refractivity contribution >= 4 is 34.4 Å². The number of benzene rings is 3. The highest BCUT2D eigenvalue weighted by Crippen LogP contribution is 2.40. The first-order valence-electron chi connectivity index (χ1n) is 10.6. The fourth-order valence-corrected chi connectivity index (χ4v) is 4.19. The number of para-hydroxylation sites is 1. The minimum atomic E-state index is -0.110. The van der Waals surface area contributed by atoms with Crippen LogP contribution in [0.5, 0.6) is 11.5 Å². The Kier molecular flexibility index (Phi) is 5.24. The second-order valence-corrected chi connectivity index (χ2v) is 8.24. The summed E-state index contributed by atoms with van der Waals surface area (Å²) in [5.74, 6) is 1.47. The maximum absolute atomic E-state index is 13.0. The van der Waals surface area contributed by atoms with E-state index in [1.165, 1.54) is 0 Å². The Morgan fingerprint density at radius 2 is 1.84 bits per heavy atom. The fourth-order valence-electron chi connectivity index (χ4n) is 4.06. The molecule has 0 fully saturated rings. The van der Waals surface area contributed by atoms with E-state index < -0.39 is 0 Å². The quantitative estimate of drug-likeness (QED) is 0.318. The van der Waals surface area contributed by atoms with Gasteiger partial charge in [0.2, 0.25) is 5.78 Å². The maximum atomic E-state index is 13.0. The molecule has 0 amide bonds. The predicted molar refractivity (Wildman–Crippen MR) is 128 cm³/mol. The van der Waals surface area contributed by atoms with Crippen LogP contribution >= 0.6 is 11.6 Å². The topological polar surface area (TPSA) is 40.5 Å². The summed E-state index contributed by atoms with van der Waals surface area (Å²) in [5, 5.41) is 1.79. The molecule has 5 rings (SSSR count). The number of carbonyl (C=O) groups excluding carboxylic acids is 1. The lowest BCUT2D eigenvalue weighted by Crippen LogP contribution is -1.98. The Balaban J connectivity index is 1.43. The first-order chi connectivity index (χ1) is 15.5. The third kappa shape index (κ3) is 3.57. The highest BCUT2D eigenvalue weighted by atomic mass is 35.5. The summed E-state index contributed by atoms with van der Waals surface area (Å²) in [6, 6.07) is 19.3. The molecule has 5 heteroatoms. The Bertz CT molecular complexity index is 1370. The normalized spacial score (nSPS) is 14.1. The highest BCUT2D eigenvalue weighted by Gasteiger charge is 2.30. The van der Waals surface area contributed by atoms with Crippen LogP contribution in [0, 0.1) is 6.92 Å². The zero-order valence-electron chi connectivity index (χ0n) is 17.9. The molecular formula is C27H22ClNO3. The summed E-state index contributed by atoms with van der Waals surface area (Å²) in [4.78, 5) is 13.0. The Hall–Kier alpha value is -3.50. The van der Waals surface area contributed by atoms with Crippen LogP contribution in [-0.2, 0) is 13.2 Å². The molecule has 0 atom stereocenters. The molecule has 0 saturated heterocycles. The van der Waals surface area contributed by atoms with E-state index in [1.807, 2.05) is 55.5 Å². The van der Waals surface area contributed by atoms with Gasteiger partial charge in [-0.25, -0.2) is 0 Å². The molecular weight excluding hydrogens is 422 g/mol. The van der Waals surface area contributed by atoms with Crippen molar-refractivity contribution in [2.24, 2.45) is 0 Å². The van der Waals surface area contributed by atoms with Crippen LogP contribution in [0.3, 0.4) is 0 Å². The SMILES string of the molecule is CCn1cc(C=C2Oc3c(ccc(OCc4ccc(Cl)cc4)c3C)C2=O)c2ccccc21. The van der Waals surface area contributed by atoms with Crippen LogP contribution in [0.2, 0.25) is 5.02 Å². The number of aromatic nitrogens is 1. The number of nitrogens with zero attached hydrogens (tertiary/aromatic N) is 1. The summed E-state index contributed by atoms with van der Waals surface area (Å²) in [7, 11) is 0. The molecule has 2 heterocycles. The Morgan fingerprint density at radius 3 is 2.62 bits per heavy atom. The molecule has 4 nitrogen and oxygen atoms in total. The van der Waals surface area contributed by atoms with Crippen LogP contribution < -0.4 is 9.47 Å². The molecule has 0 aliphatic carbocycles. The summed E-state index contributed by atoms with van der Waals surface area (Å²) in [6.07, 6.45) is 3.90. The zero-order valence-corrected chi connectivity index (χ0v) is 18.6. The number of Topliss-reactive ketones (excluding diaryl/α,β-unsaturated/α-hetero) is 1. The van der Waals surface area contributed by atoms with Gasteiger partial charge in [-0.3, -0.25) is 4.79 Å². The number of rotatable bonds is 5. The lowest BCUT2D eigenvalue weighted by atomic mass is 10.1. The molecule has 1 aromatic heterocycles. The molecule has 0 saturated carbocycles. The monoisotopic (exact) mass is 443 g/mol. The van der Waals surface area contributed by atoms with Gasteiger partial charge in [0.15, 0.2) is 5.76 Å². The van der Waals surface area contributed by atoms with Gasteiger partial charge >= 0.3 is 0 Å². The standard InChI is InChI=1S/C27H22ClNO3/c1-3-29-15-19(21-6-4-5-7-23(21)29)14-25-26(30)22-12-13-24(17(2)27(22)32-25)31-16-18-8-10-20(28)11-9-18/h4-15H,3,16H2,1-2H3. The second-order valence-electron chi connectivity index (χ2n) is 7.81. The summed E-state index contributed by atoms with van der Waals surface area (Å²) >= 11 is 5.95. The van der Waals surface area contributed by atoms with E-state index in [1.54, 1.807) is 6.07 Å². The molecule has 1 aliphatic rings. The number of allylic oxidation sites excluding steroid dienone is 1. The van der Waals surface area contributed by atoms with E-state index in [4.69, 9.17) is 21.1 Å². The van der Waals surface area contributed by atoms with Gasteiger partial charge in [0.05, 0.1) is 5.56 Å². The number of ketones is 1. The minimum absolute atomic E-state index is 0.110. The first kappa shape index (κ1) is 20.4. The van der Waals surface area contributed by atoms with Gasteiger partial charge in [-0.05, 0) is 55.8 Å². The van der Waals surface area contributed by atoms with Crippen molar-refractivity contribution in [3.8, 4) is 11.5 Å². The summed E-state index contributed by atoms with van der Waals surface area (Å²) in [5.41, 5.74) is 4.49. The van der Waals surface area contributed by atoms with Gasteiger partial charge in [-0.15, -0.1) is 0 Å². The number of aryl methyl sites for hydroxylation is 1. The molecule has 1 aliphatic heterocycles. The van der Waals surface area contributed by atoms with Gasteiger partial charge in [0, 0.05) is 39.8 Å². The molecule has 0 N–H and O–H groups in total. The molecule has 32 heavy (non-hydrogen) atoms. The number of ether oxygens (including phenoxy) is 2. The molecule has 0 radical (unpaired) electrons. The number of fused-ring (bicyclic) bond motifs is 2. The largest absolute Gasteiger partial charge is 0.488 e. The first-order valence-corrected chi connectivity index (χ1v) is 11.0. The lowest BCUT2D eigenvalue weighted by Gasteiger charge is -2.11. The van der Waals surface area contributed by atoms with Crippen LogP contribution in [0.15, 0.2) is 72.6 Å². The molecule has 160 valence electrons. The Labute approximate surface area is 191 Å². The third-order valence-corrected chi connectivity index (χ3v) is 6.04. The van der Waals surface area contributed by atoms with Crippen molar-refractivity contribution in [1.82, 2.24) is 4.57 Å². The van der Waals surface area contributed by atoms with Crippen molar-refractivity contribution in [2.75, 3.05) is 0 Å². The van der Waals surface area contributed by atoms with Gasteiger partial charge in [-0.1, -0.05) is 41.9 Å².